The maximum atomic E-state index is 5.87. The summed E-state index contributed by atoms with van der Waals surface area (Å²) >= 11 is 0. The number of anilines is 1. The van der Waals surface area contributed by atoms with Crippen molar-refractivity contribution in [3.63, 3.8) is 0 Å². The van der Waals surface area contributed by atoms with E-state index in [9.17, 15) is 0 Å². The number of hydrogen-bond donors (Lipinski definition) is 1. The first-order valence-electron chi connectivity index (χ1n) is 6.56. The van der Waals surface area contributed by atoms with Gasteiger partial charge in [0.25, 0.3) is 0 Å². The zero-order valence-electron chi connectivity index (χ0n) is 11.6. The lowest BCUT2D eigenvalue weighted by molar-refractivity contribution is 0.161. The molecule has 1 aromatic heterocycles. The highest BCUT2D eigenvalue weighted by atomic mass is 16.5. The van der Waals surface area contributed by atoms with Crippen molar-refractivity contribution in [3.8, 4) is 0 Å². The van der Waals surface area contributed by atoms with Crippen molar-refractivity contribution in [1.29, 1.82) is 0 Å². The lowest BCUT2D eigenvalue weighted by atomic mass is 10.1. The molecule has 0 spiro atoms. The summed E-state index contributed by atoms with van der Waals surface area (Å²) in [5, 5.41) is 0. The minimum atomic E-state index is 0.555. The van der Waals surface area contributed by atoms with Crippen LogP contribution in [0.1, 0.15) is 23.2 Å². The van der Waals surface area contributed by atoms with Gasteiger partial charge in [0.05, 0.1) is 6.61 Å². The van der Waals surface area contributed by atoms with E-state index in [0.717, 1.165) is 31.2 Å². The molecule has 1 unspecified atom stereocenters. The van der Waals surface area contributed by atoms with Gasteiger partial charge in [-0.1, -0.05) is 0 Å². The van der Waals surface area contributed by atoms with Crippen molar-refractivity contribution >= 4 is 5.82 Å². The molecule has 2 N–H and O–H groups in total. The second-order valence-electron chi connectivity index (χ2n) is 5.14. The number of ether oxygens (including phenoxy) is 1. The summed E-state index contributed by atoms with van der Waals surface area (Å²) in [5.74, 6) is 1.69. The van der Waals surface area contributed by atoms with Crippen LogP contribution in [0.25, 0.3) is 0 Å². The Bertz CT molecular complexity index is 420. The Labute approximate surface area is 109 Å². The molecule has 4 heteroatoms. The number of aromatic nitrogens is 1. The van der Waals surface area contributed by atoms with Crippen LogP contribution in [0.2, 0.25) is 0 Å². The molecule has 1 aromatic rings. The third kappa shape index (κ3) is 2.65. The van der Waals surface area contributed by atoms with E-state index in [2.05, 4.69) is 22.9 Å². The number of nitrogens with two attached hydrogens (primary N) is 1. The van der Waals surface area contributed by atoms with Crippen LogP contribution in [0.4, 0.5) is 5.82 Å². The Morgan fingerprint density at radius 3 is 2.94 bits per heavy atom. The number of nitrogens with zero attached hydrogens (tertiary/aromatic N) is 2. The van der Waals surface area contributed by atoms with Crippen LogP contribution < -0.4 is 10.6 Å². The third-order valence-corrected chi connectivity index (χ3v) is 3.65. The van der Waals surface area contributed by atoms with Crippen molar-refractivity contribution in [1.82, 2.24) is 4.98 Å². The first kappa shape index (κ1) is 13.3. The molecule has 0 radical (unpaired) electrons. The van der Waals surface area contributed by atoms with Crippen molar-refractivity contribution in [2.45, 2.75) is 26.8 Å². The molecule has 0 amide bonds. The van der Waals surface area contributed by atoms with Gasteiger partial charge in [-0.25, -0.2) is 4.98 Å². The molecule has 1 aliphatic heterocycles. The van der Waals surface area contributed by atoms with Crippen LogP contribution in [0.5, 0.6) is 0 Å². The van der Waals surface area contributed by atoms with Gasteiger partial charge in [0.1, 0.15) is 5.82 Å². The van der Waals surface area contributed by atoms with Gasteiger partial charge in [0, 0.05) is 43.9 Å². The molecular formula is C14H23N3O. The zero-order valence-corrected chi connectivity index (χ0v) is 11.6. The quantitative estimate of drug-likeness (QED) is 0.881. The lowest BCUT2D eigenvalue weighted by Gasteiger charge is -2.22. The van der Waals surface area contributed by atoms with Gasteiger partial charge in [-0.05, 0) is 31.9 Å². The fourth-order valence-corrected chi connectivity index (χ4v) is 2.75. The molecule has 4 nitrogen and oxygen atoms in total. The zero-order chi connectivity index (χ0) is 13.1. The Balaban J connectivity index is 2.23. The standard InChI is InChI=1S/C14H23N3O/c1-10-6-11(2)16-14(13(10)7-15)17-5-4-12(8-17)9-18-3/h6,12H,4-5,7-9,15H2,1-3H3. The van der Waals surface area contributed by atoms with E-state index < -0.39 is 0 Å². The maximum absolute atomic E-state index is 5.87. The summed E-state index contributed by atoms with van der Waals surface area (Å²) in [5.41, 5.74) is 9.36. The van der Waals surface area contributed by atoms with Crippen LogP contribution in [0.3, 0.4) is 0 Å². The molecule has 100 valence electrons. The molecule has 2 heterocycles. The van der Waals surface area contributed by atoms with Crippen molar-refractivity contribution in [3.05, 3.63) is 22.9 Å². The van der Waals surface area contributed by atoms with Crippen LogP contribution in [-0.4, -0.2) is 31.8 Å². The summed E-state index contributed by atoms with van der Waals surface area (Å²) in [6.07, 6.45) is 1.17. The summed E-state index contributed by atoms with van der Waals surface area (Å²) in [6.45, 7) is 7.62. The number of methoxy groups -OCH3 is 1. The van der Waals surface area contributed by atoms with Gasteiger partial charge in [0.2, 0.25) is 0 Å². The average molecular weight is 249 g/mol. The maximum Gasteiger partial charge on any atom is 0.133 e. The van der Waals surface area contributed by atoms with Crippen molar-refractivity contribution in [2.75, 3.05) is 31.7 Å². The van der Waals surface area contributed by atoms with E-state index in [0.29, 0.717) is 12.5 Å². The highest BCUT2D eigenvalue weighted by Gasteiger charge is 2.25. The van der Waals surface area contributed by atoms with E-state index >= 15 is 0 Å². The highest BCUT2D eigenvalue weighted by molar-refractivity contribution is 5.52. The fourth-order valence-electron chi connectivity index (χ4n) is 2.75. The van der Waals surface area contributed by atoms with Crippen LogP contribution >= 0.6 is 0 Å². The topological polar surface area (TPSA) is 51.4 Å². The summed E-state index contributed by atoms with van der Waals surface area (Å²) in [4.78, 5) is 7.04. The van der Waals surface area contributed by atoms with Gasteiger partial charge in [-0.3, -0.25) is 0 Å². The van der Waals surface area contributed by atoms with Gasteiger partial charge in [-0.15, -0.1) is 0 Å². The second kappa shape index (κ2) is 5.67. The average Bonchev–Trinajstić information content (AvgIpc) is 2.77. The molecule has 0 saturated carbocycles. The largest absolute Gasteiger partial charge is 0.384 e. The normalized spacial score (nSPS) is 19.6. The monoisotopic (exact) mass is 249 g/mol. The van der Waals surface area contributed by atoms with Crippen molar-refractivity contribution < 1.29 is 4.74 Å². The Kier molecular flexibility index (Phi) is 4.19. The molecule has 1 atom stereocenters. The highest BCUT2D eigenvalue weighted by Crippen LogP contribution is 2.27. The molecule has 2 rings (SSSR count). The minimum absolute atomic E-state index is 0.555. The molecule has 18 heavy (non-hydrogen) atoms. The summed E-state index contributed by atoms with van der Waals surface area (Å²) in [6, 6.07) is 2.11. The second-order valence-corrected chi connectivity index (χ2v) is 5.14. The van der Waals surface area contributed by atoms with E-state index in [4.69, 9.17) is 10.5 Å². The lowest BCUT2D eigenvalue weighted by Crippen LogP contribution is -2.24. The fraction of sp³-hybridized carbons (Fsp3) is 0.643. The number of aryl methyl sites for hydroxylation is 2. The van der Waals surface area contributed by atoms with Crippen molar-refractivity contribution in [2.24, 2.45) is 11.7 Å². The molecule has 0 aromatic carbocycles. The third-order valence-electron chi connectivity index (χ3n) is 3.65. The van der Waals surface area contributed by atoms with Gasteiger partial charge in [-0.2, -0.15) is 0 Å². The molecule has 1 fully saturated rings. The van der Waals surface area contributed by atoms with Crippen LogP contribution in [-0.2, 0) is 11.3 Å². The first-order valence-corrected chi connectivity index (χ1v) is 6.56. The molecule has 1 aliphatic rings. The number of pyridine rings is 1. The smallest absolute Gasteiger partial charge is 0.133 e. The summed E-state index contributed by atoms with van der Waals surface area (Å²) < 4.78 is 5.24. The number of rotatable bonds is 4. The molecule has 0 bridgehead atoms. The Morgan fingerprint density at radius 1 is 1.50 bits per heavy atom. The predicted molar refractivity (Wildman–Crippen MR) is 73.8 cm³/mol. The Hall–Kier alpha value is -1.13. The molecular weight excluding hydrogens is 226 g/mol. The van der Waals surface area contributed by atoms with E-state index in [1.165, 1.54) is 17.5 Å². The van der Waals surface area contributed by atoms with Crippen LogP contribution in [0.15, 0.2) is 6.07 Å². The molecule has 0 aliphatic carbocycles. The summed E-state index contributed by atoms with van der Waals surface area (Å²) in [7, 11) is 1.77. The number of hydrogen-bond acceptors (Lipinski definition) is 4. The van der Waals surface area contributed by atoms with E-state index in [1.54, 1.807) is 7.11 Å². The van der Waals surface area contributed by atoms with E-state index in [-0.39, 0.29) is 0 Å². The Morgan fingerprint density at radius 2 is 2.28 bits per heavy atom. The van der Waals surface area contributed by atoms with Gasteiger partial charge < -0.3 is 15.4 Å². The predicted octanol–water partition coefficient (Wildman–Crippen LogP) is 1.63. The van der Waals surface area contributed by atoms with Gasteiger partial charge in [0.15, 0.2) is 0 Å². The first-order chi connectivity index (χ1) is 8.65. The van der Waals surface area contributed by atoms with Crippen LogP contribution in [0, 0.1) is 19.8 Å². The van der Waals surface area contributed by atoms with Gasteiger partial charge >= 0.3 is 0 Å². The SMILES string of the molecule is COCC1CCN(c2nc(C)cc(C)c2CN)C1. The minimum Gasteiger partial charge on any atom is -0.384 e. The molecule has 1 saturated heterocycles. The van der Waals surface area contributed by atoms with E-state index in [1.807, 2.05) is 6.92 Å².